The molecule has 3 aromatic rings. The van der Waals surface area contributed by atoms with Crippen molar-refractivity contribution in [3.05, 3.63) is 75.4 Å². The van der Waals surface area contributed by atoms with Crippen LogP contribution in [0.25, 0.3) is 39.3 Å². The third-order valence-electron chi connectivity index (χ3n) is 8.79. The summed E-state index contributed by atoms with van der Waals surface area (Å²) >= 11 is 0. The minimum absolute atomic E-state index is 0. The SMILES string of the molecule is C=Cc1c(C)c2cc3nc(c(CC(=O)O)c4[n-]c(cc5nc(cc1[n-]2)C(C)=C5CC)c(C)c4C(=O)O)C(CCC(=O)O)C3C.[Cu]. The van der Waals surface area contributed by atoms with E-state index >= 15 is 0 Å². The van der Waals surface area contributed by atoms with Crippen LogP contribution in [-0.2, 0) is 33.1 Å². The van der Waals surface area contributed by atoms with Crippen molar-refractivity contribution in [3.63, 3.8) is 0 Å². The van der Waals surface area contributed by atoms with Gasteiger partial charge in [-0.1, -0.05) is 55.8 Å². The first kappa shape index (κ1) is 33.4. The molecule has 239 valence electrons. The van der Waals surface area contributed by atoms with Crippen molar-refractivity contribution in [3.8, 4) is 0 Å². The molecule has 45 heavy (non-hydrogen) atoms. The molecule has 0 spiro atoms. The molecule has 3 N–H and O–H groups in total. The molecule has 0 saturated carbocycles. The van der Waals surface area contributed by atoms with Crippen molar-refractivity contribution in [1.29, 1.82) is 0 Å². The number of aliphatic carboxylic acids is 2. The van der Waals surface area contributed by atoms with Crippen LogP contribution in [0.5, 0.6) is 0 Å². The number of aromatic nitrogens is 4. The molecular weight excluding hydrogens is 624 g/mol. The second-order valence-electron chi connectivity index (χ2n) is 11.3. The predicted octanol–water partition coefficient (Wildman–Crippen LogP) is 6.25. The Bertz CT molecular complexity index is 1950. The van der Waals surface area contributed by atoms with E-state index < -0.39 is 30.2 Å². The number of hydrogen-bond acceptors (Lipinski definition) is 5. The van der Waals surface area contributed by atoms with E-state index in [2.05, 4.69) is 6.58 Å². The molecule has 2 unspecified atom stereocenters. The average Bonchev–Trinajstić information content (AvgIpc) is 3.63. The zero-order valence-corrected chi connectivity index (χ0v) is 26.6. The van der Waals surface area contributed by atoms with E-state index in [1.54, 1.807) is 19.1 Å². The fraction of sp³-hybridized carbons (Fsp3) is 0.324. The summed E-state index contributed by atoms with van der Waals surface area (Å²) in [5.41, 5.74) is 8.16. The third-order valence-corrected chi connectivity index (χ3v) is 8.79. The number of allylic oxidation sites excluding steroid dienone is 2. The number of carboxylic acids is 3. The zero-order valence-electron chi connectivity index (χ0n) is 25.7. The maximum absolute atomic E-state index is 12.7. The Balaban J connectivity index is 0.00000461. The van der Waals surface area contributed by atoms with Gasteiger partial charge in [0.05, 0.1) is 17.8 Å². The second-order valence-corrected chi connectivity index (χ2v) is 11.3. The Hall–Kier alpha value is -4.47. The van der Waals surface area contributed by atoms with Crippen molar-refractivity contribution >= 4 is 57.2 Å². The fourth-order valence-electron chi connectivity index (χ4n) is 6.37. The first-order chi connectivity index (χ1) is 20.9. The van der Waals surface area contributed by atoms with Crippen molar-refractivity contribution in [1.82, 2.24) is 19.9 Å². The van der Waals surface area contributed by atoms with Crippen LogP contribution in [0, 0.1) is 13.8 Å². The molecule has 5 heterocycles. The van der Waals surface area contributed by atoms with Crippen molar-refractivity contribution in [2.45, 2.75) is 72.1 Å². The van der Waals surface area contributed by atoms with Gasteiger partial charge in [-0.3, -0.25) is 14.6 Å². The first-order valence-electron chi connectivity index (χ1n) is 14.5. The van der Waals surface area contributed by atoms with Crippen LogP contribution < -0.4 is 9.97 Å². The molecular formula is C34H34CuN4O6-2. The van der Waals surface area contributed by atoms with Gasteiger partial charge in [0.25, 0.3) is 0 Å². The number of nitrogens with zero attached hydrogens (tertiary/aromatic N) is 4. The van der Waals surface area contributed by atoms with E-state index in [0.717, 1.165) is 28.0 Å². The quantitative estimate of drug-likeness (QED) is 0.236. The van der Waals surface area contributed by atoms with Crippen LogP contribution in [0.3, 0.4) is 0 Å². The molecule has 11 heteroatoms. The van der Waals surface area contributed by atoms with Gasteiger partial charge in [-0.2, -0.15) is 0 Å². The molecule has 10 nitrogen and oxygen atoms in total. The van der Waals surface area contributed by atoms with Crippen LogP contribution >= 0.6 is 0 Å². The van der Waals surface area contributed by atoms with Gasteiger partial charge in [0.15, 0.2) is 0 Å². The van der Waals surface area contributed by atoms with Crippen LogP contribution in [-0.4, -0.2) is 43.2 Å². The van der Waals surface area contributed by atoms with Gasteiger partial charge in [-0.25, -0.2) is 9.78 Å². The molecule has 2 atom stereocenters. The Labute approximate surface area is 270 Å². The monoisotopic (exact) mass is 657 g/mol. The third kappa shape index (κ3) is 5.98. The number of carboxylic acid groups (broad SMARTS) is 3. The summed E-state index contributed by atoms with van der Waals surface area (Å²) in [6, 6.07) is 5.50. The molecule has 2 aliphatic heterocycles. The van der Waals surface area contributed by atoms with Gasteiger partial charge < -0.3 is 25.3 Å². The second kappa shape index (κ2) is 12.9. The molecule has 3 aromatic heterocycles. The summed E-state index contributed by atoms with van der Waals surface area (Å²) in [6.07, 6.45) is 1.90. The zero-order chi connectivity index (χ0) is 32.0. The molecule has 0 aromatic carbocycles. The summed E-state index contributed by atoms with van der Waals surface area (Å²) < 4.78 is 0. The summed E-state index contributed by atoms with van der Waals surface area (Å²) in [6.45, 7) is 13.5. The minimum atomic E-state index is -1.24. The van der Waals surface area contributed by atoms with E-state index in [1.807, 2.05) is 39.8 Å². The van der Waals surface area contributed by atoms with Gasteiger partial charge in [0.1, 0.15) is 0 Å². The molecule has 2 aliphatic rings. The number of fused-ring (bicyclic) bond motifs is 8. The fourth-order valence-corrected chi connectivity index (χ4v) is 6.37. The van der Waals surface area contributed by atoms with Gasteiger partial charge >= 0.3 is 17.9 Å². The maximum Gasteiger partial charge on any atom is 0.334 e. The molecule has 1 radical (unpaired) electrons. The Morgan fingerprint density at radius 2 is 1.60 bits per heavy atom. The van der Waals surface area contributed by atoms with Crippen LogP contribution in [0.15, 0.2) is 24.8 Å². The van der Waals surface area contributed by atoms with Crippen LogP contribution in [0.4, 0.5) is 0 Å². The smallest absolute Gasteiger partial charge is 0.334 e. The molecule has 0 amide bonds. The normalized spacial score (nSPS) is 15.9. The van der Waals surface area contributed by atoms with E-state index in [4.69, 9.17) is 19.9 Å². The predicted molar refractivity (Wildman–Crippen MR) is 168 cm³/mol. The Kier molecular flexibility index (Phi) is 9.56. The summed E-state index contributed by atoms with van der Waals surface area (Å²) in [4.78, 5) is 56.0. The molecule has 8 bridgehead atoms. The Morgan fingerprint density at radius 3 is 2.20 bits per heavy atom. The number of aryl methyl sites for hydroxylation is 2. The van der Waals surface area contributed by atoms with Gasteiger partial charge in [-0.15, -0.1) is 22.1 Å². The van der Waals surface area contributed by atoms with Crippen molar-refractivity contribution in [2.75, 3.05) is 0 Å². The largest absolute Gasteiger partial charge is 0.657 e. The molecule has 0 fully saturated rings. The van der Waals surface area contributed by atoms with Crippen molar-refractivity contribution < 1.29 is 46.8 Å². The first-order valence-corrected chi connectivity index (χ1v) is 14.5. The molecule has 0 saturated heterocycles. The Morgan fingerprint density at radius 1 is 0.933 bits per heavy atom. The summed E-state index contributed by atoms with van der Waals surface area (Å²) in [7, 11) is 0. The number of aromatic carboxylic acids is 1. The van der Waals surface area contributed by atoms with E-state index in [-0.39, 0.29) is 52.5 Å². The minimum Gasteiger partial charge on any atom is -0.657 e. The summed E-state index contributed by atoms with van der Waals surface area (Å²) in [5.74, 6) is -4.21. The van der Waals surface area contributed by atoms with Gasteiger partial charge in [0.2, 0.25) is 0 Å². The van der Waals surface area contributed by atoms with E-state index in [0.29, 0.717) is 45.6 Å². The number of hydrogen-bond donors (Lipinski definition) is 3. The topological polar surface area (TPSA) is 166 Å². The van der Waals surface area contributed by atoms with E-state index in [1.165, 1.54) is 0 Å². The van der Waals surface area contributed by atoms with Crippen LogP contribution in [0.2, 0.25) is 0 Å². The average molecular weight is 658 g/mol. The molecule has 0 aliphatic carbocycles. The standard InChI is InChI=1S/C34H36N4O6.Cu/c1-7-19-15(3)23-12-25-17(5)21(9-10-29(39)40)32(37-25)22(11-30(41)42)33-31(34(43)44)18(6)26(38-33)14-28-20(8-2)16(4)24(36-28)13-27(19)35-23;/h7,12-14,17,21H,1,8-11H2,2-6H3,(H5,35,36,37,38,39,40,41,42,43,44);/p-2. The summed E-state index contributed by atoms with van der Waals surface area (Å²) in [5, 5.41) is 29.8. The number of rotatable bonds is 8. The van der Waals surface area contributed by atoms with Gasteiger partial charge in [-0.05, 0) is 55.9 Å². The maximum atomic E-state index is 12.7. The van der Waals surface area contributed by atoms with Crippen LogP contribution in [0.1, 0.15) is 107 Å². The van der Waals surface area contributed by atoms with E-state index in [9.17, 15) is 29.7 Å². The van der Waals surface area contributed by atoms with Crippen molar-refractivity contribution in [2.24, 2.45) is 0 Å². The number of carbonyl (C=O) groups is 3. The van der Waals surface area contributed by atoms with Gasteiger partial charge in [0, 0.05) is 52.3 Å². The molecule has 5 rings (SSSR count).